The third kappa shape index (κ3) is 4.92. The maximum absolute atomic E-state index is 12.6. The zero-order chi connectivity index (χ0) is 19.3. The minimum atomic E-state index is -4.46. The summed E-state index contributed by atoms with van der Waals surface area (Å²) in [5, 5.41) is 10.3. The number of hydrazine groups is 1. The van der Waals surface area contributed by atoms with Gasteiger partial charge in [0.15, 0.2) is 5.82 Å². The molecule has 0 fully saturated rings. The number of nitriles is 1. The van der Waals surface area contributed by atoms with E-state index in [2.05, 4.69) is 15.4 Å². The molecule has 0 aliphatic carbocycles. The molecule has 0 unspecified atom stereocenters. The van der Waals surface area contributed by atoms with Crippen LogP contribution in [0.25, 0.3) is 0 Å². The lowest BCUT2D eigenvalue weighted by Gasteiger charge is -2.26. The van der Waals surface area contributed by atoms with Gasteiger partial charge in [-0.1, -0.05) is 13.8 Å². The van der Waals surface area contributed by atoms with E-state index < -0.39 is 17.6 Å². The number of benzene rings is 1. The molecule has 0 saturated carbocycles. The van der Waals surface area contributed by atoms with Crippen molar-refractivity contribution in [1.29, 1.82) is 5.26 Å². The molecule has 2 aromatic rings. The van der Waals surface area contributed by atoms with Crippen molar-refractivity contribution in [3.05, 3.63) is 53.5 Å². The number of aromatic nitrogens is 2. The van der Waals surface area contributed by atoms with Crippen LogP contribution in [-0.4, -0.2) is 22.4 Å². The van der Waals surface area contributed by atoms with Crippen molar-refractivity contribution in [2.75, 3.05) is 11.6 Å². The van der Waals surface area contributed by atoms with E-state index in [9.17, 15) is 18.0 Å². The van der Waals surface area contributed by atoms with E-state index in [-0.39, 0.29) is 17.3 Å². The normalized spacial score (nSPS) is 11.1. The second-order valence-corrected chi connectivity index (χ2v) is 5.87. The Morgan fingerprint density at radius 1 is 1.27 bits per heavy atom. The number of nitrogens with zero attached hydrogens (tertiary/aromatic N) is 4. The number of halogens is 3. The minimum absolute atomic E-state index is 0.0555. The van der Waals surface area contributed by atoms with Crippen LogP contribution in [0.5, 0.6) is 0 Å². The Kier molecular flexibility index (Phi) is 5.77. The standard InChI is InChI=1S/C17H16F3N5O/c1-11(2)10-25(15-7-8-22-14(9-21)23-15)24-16(26)12-3-5-13(6-4-12)17(18,19)20/h3-8,11H,10H2,1-2H3,(H,24,26). The lowest BCUT2D eigenvalue weighted by Crippen LogP contribution is -2.45. The summed E-state index contributed by atoms with van der Waals surface area (Å²) >= 11 is 0. The second kappa shape index (κ2) is 7.82. The first kappa shape index (κ1) is 19.2. The fourth-order valence-corrected chi connectivity index (χ4v) is 2.11. The van der Waals surface area contributed by atoms with Crippen molar-refractivity contribution >= 4 is 11.7 Å². The van der Waals surface area contributed by atoms with Crippen molar-refractivity contribution in [3.8, 4) is 6.07 Å². The van der Waals surface area contributed by atoms with E-state index in [0.29, 0.717) is 12.4 Å². The van der Waals surface area contributed by atoms with Crippen molar-refractivity contribution in [3.63, 3.8) is 0 Å². The Bertz CT molecular complexity index is 812. The molecule has 1 aromatic heterocycles. The van der Waals surface area contributed by atoms with Crippen LogP contribution < -0.4 is 10.4 Å². The predicted molar refractivity (Wildman–Crippen MR) is 87.8 cm³/mol. The van der Waals surface area contributed by atoms with Crippen molar-refractivity contribution in [2.45, 2.75) is 20.0 Å². The summed E-state index contributed by atoms with van der Waals surface area (Å²) in [5.74, 6) is -0.189. The molecule has 0 saturated heterocycles. The monoisotopic (exact) mass is 363 g/mol. The van der Waals surface area contributed by atoms with Gasteiger partial charge >= 0.3 is 6.18 Å². The fourth-order valence-electron chi connectivity index (χ4n) is 2.11. The van der Waals surface area contributed by atoms with Crippen LogP contribution in [0.15, 0.2) is 36.5 Å². The van der Waals surface area contributed by atoms with Gasteiger partial charge in [0.05, 0.1) is 5.56 Å². The Morgan fingerprint density at radius 2 is 1.92 bits per heavy atom. The highest BCUT2D eigenvalue weighted by Gasteiger charge is 2.30. The molecule has 6 nitrogen and oxygen atoms in total. The molecule has 1 N–H and O–H groups in total. The van der Waals surface area contributed by atoms with Gasteiger partial charge in [0.25, 0.3) is 5.91 Å². The topological polar surface area (TPSA) is 81.9 Å². The highest BCUT2D eigenvalue weighted by atomic mass is 19.4. The lowest BCUT2D eigenvalue weighted by molar-refractivity contribution is -0.137. The SMILES string of the molecule is CC(C)CN(NC(=O)c1ccc(C(F)(F)F)cc1)c1ccnc(C#N)n1. The molecule has 9 heteroatoms. The van der Waals surface area contributed by atoms with Crippen molar-refractivity contribution in [1.82, 2.24) is 15.4 Å². The molecule has 1 amide bonds. The van der Waals surface area contributed by atoms with Gasteiger partial charge in [-0.25, -0.2) is 4.98 Å². The van der Waals surface area contributed by atoms with E-state index in [4.69, 9.17) is 5.26 Å². The van der Waals surface area contributed by atoms with Crippen LogP contribution in [0.2, 0.25) is 0 Å². The summed E-state index contributed by atoms with van der Waals surface area (Å²) in [7, 11) is 0. The number of anilines is 1. The van der Waals surface area contributed by atoms with Crippen LogP contribution in [0.3, 0.4) is 0 Å². The van der Waals surface area contributed by atoms with Crippen LogP contribution in [0.4, 0.5) is 19.0 Å². The number of hydrogen-bond donors (Lipinski definition) is 1. The van der Waals surface area contributed by atoms with Gasteiger partial charge in [0.2, 0.25) is 5.82 Å². The zero-order valence-electron chi connectivity index (χ0n) is 14.1. The molecule has 0 aliphatic heterocycles. The van der Waals surface area contributed by atoms with Gasteiger partial charge in [0, 0.05) is 24.4 Å². The van der Waals surface area contributed by atoms with Crippen LogP contribution in [0, 0.1) is 17.2 Å². The number of nitrogens with one attached hydrogen (secondary N) is 1. The van der Waals surface area contributed by atoms with Gasteiger partial charge in [-0.05, 0) is 30.2 Å². The summed E-state index contributed by atoms with van der Waals surface area (Å²) in [6.07, 6.45) is -3.08. The van der Waals surface area contributed by atoms with Crippen LogP contribution >= 0.6 is 0 Å². The summed E-state index contributed by atoms with van der Waals surface area (Å²) in [6.45, 7) is 4.22. The van der Waals surface area contributed by atoms with Gasteiger partial charge in [-0.3, -0.25) is 15.2 Å². The van der Waals surface area contributed by atoms with Gasteiger partial charge in [-0.2, -0.15) is 23.4 Å². The second-order valence-electron chi connectivity index (χ2n) is 5.87. The highest BCUT2D eigenvalue weighted by Crippen LogP contribution is 2.29. The van der Waals surface area contributed by atoms with E-state index in [0.717, 1.165) is 24.3 Å². The Balaban J connectivity index is 2.22. The third-order valence-corrected chi connectivity index (χ3v) is 3.28. The maximum atomic E-state index is 12.6. The van der Waals surface area contributed by atoms with E-state index in [1.54, 1.807) is 0 Å². The summed E-state index contributed by atoms with van der Waals surface area (Å²) < 4.78 is 37.9. The molecular weight excluding hydrogens is 347 g/mol. The molecule has 0 bridgehead atoms. The van der Waals surface area contributed by atoms with Crippen LogP contribution in [0.1, 0.15) is 35.6 Å². The Morgan fingerprint density at radius 3 is 2.46 bits per heavy atom. The average molecular weight is 363 g/mol. The maximum Gasteiger partial charge on any atom is 0.416 e. The highest BCUT2D eigenvalue weighted by molar-refractivity contribution is 5.95. The number of hydrogen-bond acceptors (Lipinski definition) is 5. The molecule has 26 heavy (non-hydrogen) atoms. The number of carbonyl (C=O) groups excluding carboxylic acids is 1. The molecule has 0 radical (unpaired) electrons. The Hall–Kier alpha value is -3.15. The fraction of sp³-hybridized carbons (Fsp3) is 0.294. The van der Waals surface area contributed by atoms with Crippen molar-refractivity contribution < 1.29 is 18.0 Å². The summed E-state index contributed by atoms with van der Waals surface area (Å²) in [4.78, 5) is 20.2. The summed E-state index contributed by atoms with van der Waals surface area (Å²) in [5.41, 5.74) is 1.84. The van der Waals surface area contributed by atoms with E-state index in [1.807, 2.05) is 19.9 Å². The zero-order valence-corrected chi connectivity index (χ0v) is 14.1. The van der Waals surface area contributed by atoms with Gasteiger partial charge in [-0.15, -0.1) is 0 Å². The first-order valence-electron chi connectivity index (χ1n) is 7.69. The summed E-state index contributed by atoms with van der Waals surface area (Å²) in [6, 6.07) is 7.24. The van der Waals surface area contributed by atoms with E-state index >= 15 is 0 Å². The molecule has 136 valence electrons. The molecule has 2 rings (SSSR count). The molecular formula is C17H16F3N5O. The number of rotatable bonds is 5. The van der Waals surface area contributed by atoms with E-state index in [1.165, 1.54) is 17.3 Å². The first-order chi connectivity index (χ1) is 12.2. The van der Waals surface area contributed by atoms with Crippen LogP contribution in [-0.2, 0) is 6.18 Å². The number of carbonyl (C=O) groups is 1. The third-order valence-electron chi connectivity index (χ3n) is 3.28. The van der Waals surface area contributed by atoms with Gasteiger partial charge in [0.1, 0.15) is 6.07 Å². The predicted octanol–water partition coefficient (Wildman–Crippen LogP) is 3.17. The largest absolute Gasteiger partial charge is 0.416 e. The van der Waals surface area contributed by atoms with Crippen molar-refractivity contribution in [2.24, 2.45) is 5.92 Å². The average Bonchev–Trinajstić information content (AvgIpc) is 2.60. The quantitative estimate of drug-likeness (QED) is 0.825. The number of amides is 1. The first-order valence-corrected chi connectivity index (χ1v) is 7.69. The minimum Gasteiger partial charge on any atom is -0.268 e. The molecule has 0 aliphatic rings. The lowest BCUT2D eigenvalue weighted by atomic mass is 10.1. The Labute approximate surface area is 148 Å². The molecule has 0 atom stereocenters. The molecule has 0 spiro atoms. The smallest absolute Gasteiger partial charge is 0.268 e. The molecule has 1 aromatic carbocycles. The number of alkyl halides is 3. The van der Waals surface area contributed by atoms with Gasteiger partial charge < -0.3 is 0 Å². The molecule has 1 heterocycles.